The minimum atomic E-state index is 0.508. The minimum Gasteiger partial charge on any atom is -0.314 e. The van der Waals surface area contributed by atoms with Gasteiger partial charge in [-0.15, -0.1) is 5.10 Å². The van der Waals surface area contributed by atoms with Crippen LogP contribution in [0.5, 0.6) is 0 Å². The second kappa shape index (κ2) is 3.69. The average Bonchev–Trinajstić information content (AvgIpc) is 2.88. The standard InChI is InChI=1S/C10H18N4/c1-7(2)10-9(6-11-3)12-13-14(10)8-4-5-8/h7-8,11H,4-6H2,1-3H3. The fourth-order valence-corrected chi connectivity index (χ4v) is 1.81. The van der Waals surface area contributed by atoms with Gasteiger partial charge in [0.25, 0.3) is 0 Å². The molecule has 0 saturated heterocycles. The fourth-order valence-electron chi connectivity index (χ4n) is 1.81. The van der Waals surface area contributed by atoms with E-state index in [-0.39, 0.29) is 0 Å². The third kappa shape index (κ3) is 1.66. The summed E-state index contributed by atoms with van der Waals surface area (Å²) in [4.78, 5) is 0. The van der Waals surface area contributed by atoms with Crippen LogP contribution in [0, 0.1) is 0 Å². The molecule has 1 fully saturated rings. The van der Waals surface area contributed by atoms with E-state index >= 15 is 0 Å². The second-order valence-electron chi connectivity index (χ2n) is 4.28. The molecule has 78 valence electrons. The molecule has 0 aromatic carbocycles. The Balaban J connectivity index is 2.31. The first-order valence-corrected chi connectivity index (χ1v) is 5.32. The van der Waals surface area contributed by atoms with E-state index in [1.54, 1.807) is 0 Å². The predicted octanol–water partition coefficient (Wildman–Crippen LogP) is 1.46. The van der Waals surface area contributed by atoms with Crippen molar-refractivity contribution >= 4 is 0 Å². The third-order valence-electron chi connectivity index (χ3n) is 2.59. The van der Waals surface area contributed by atoms with Crippen molar-refractivity contribution in [2.75, 3.05) is 7.05 Å². The Hall–Kier alpha value is -0.900. The van der Waals surface area contributed by atoms with Crippen molar-refractivity contribution in [2.45, 2.75) is 45.2 Å². The molecule has 0 amide bonds. The van der Waals surface area contributed by atoms with Gasteiger partial charge in [0.05, 0.1) is 17.4 Å². The van der Waals surface area contributed by atoms with Crippen LogP contribution in [-0.2, 0) is 6.54 Å². The minimum absolute atomic E-state index is 0.508. The van der Waals surface area contributed by atoms with Gasteiger partial charge in [0.1, 0.15) is 0 Å². The number of nitrogens with zero attached hydrogens (tertiary/aromatic N) is 3. The molecular weight excluding hydrogens is 176 g/mol. The van der Waals surface area contributed by atoms with E-state index in [2.05, 4.69) is 34.2 Å². The van der Waals surface area contributed by atoms with Crippen LogP contribution in [0.25, 0.3) is 0 Å². The Kier molecular flexibility index (Phi) is 2.54. The van der Waals surface area contributed by atoms with E-state index in [1.807, 2.05) is 7.05 Å². The summed E-state index contributed by atoms with van der Waals surface area (Å²) < 4.78 is 2.12. The van der Waals surface area contributed by atoms with Crippen molar-refractivity contribution in [1.29, 1.82) is 0 Å². The molecule has 0 spiro atoms. The van der Waals surface area contributed by atoms with Gasteiger partial charge < -0.3 is 5.32 Å². The van der Waals surface area contributed by atoms with Gasteiger partial charge in [-0.1, -0.05) is 19.1 Å². The van der Waals surface area contributed by atoms with Crippen LogP contribution in [-0.4, -0.2) is 22.0 Å². The van der Waals surface area contributed by atoms with Gasteiger partial charge in [0.2, 0.25) is 0 Å². The summed E-state index contributed by atoms with van der Waals surface area (Å²) in [5.74, 6) is 0.508. The topological polar surface area (TPSA) is 42.7 Å². The molecule has 1 saturated carbocycles. The number of rotatable bonds is 4. The van der Waals surface area contributed by atoms with Crippen LogP contribution >= 0.6 is 0 Å². The highest BCUT2D eigenvalue weighted by molar-refractivity contribution is 5.16. The number of hydrogen-bond acceptors (Lipinski definition) is 3. The summed E-state index contributed by atoms with van der Waals surface area (Å²) in [5.41, 5.74) is 2.41. The molecule has 1 N–H and O–H groups in total. The van der Waals surface area contributed by atoms with Crippen molar-refractivity contribution in [3.05, 3.63) is 11.4 Å². The van der Waals surface area contributed by atoms with Crippen molar-refractivity contribution in [1.82, 2.24) is 20.3 Å². The van der Waals surface area contributed by atoms with E-state index in [4.69, 9.17) is 0 Å². The lowest BCUT2D eigenvalue weighted by molar-refractivity contribution is 0.564. The van der Waals surface area contributed by atoms with Gasteiger partial charge >= 0.3 is 0 Å². The summed E-state index contributed by atoms with van der Waals surface area (Å²) in [7, 11) is 1.94. The van der Waals surface area contributed by atoms with Crippen LogP contribution in [0.1, 0.15) is 50.0 Å². The van der Waals surface area contributed by atoms with Crippen LogP contribution in [0.2, 0.25) is 0 Å². The van der Waals surface area contributed by atoms with Crippen molar-refractivity contribution in [2.24, 2.45) is 0 Å². The third-order valence-corrected chi connectivity index (χ3v) is 2.59. The molecule has 14 heavy (non-hydrogen) atoms. The van der Waals surface area contributed by atoms with Gasteiger partial charge in [0, 0.05) is 6.54 Å². The molecule has 1 aliphatic rings. The molecule has 1 aromatic heterocycles. The zero-order valence-corrected chi connectivity index (χ0v) is 9.12. The maximum atomic E-state index is 4.24. The number of aromatic nitrogens is 3. The molecular formula is C10H18N4. The molecule has 4 heteroatoms. The molecule has 0 atom stereocenters. The second-order valence-corrected chi connectivity index (χ2v) is 4.28. The van der Waals surface area contributed by atoms with Gasteiger partial charge in [-0.25, -0.2) is 4.68 Å². The van der Waals surface area contributed by atoms with Crippen molar-refractivity contribution in [3.63, 3.8) is 0 Å². The highest BCUT2D eigenvalue weighted by Crippen LogP contribution is 2.37. The van der Waals surface area contributed by atoms with Crippen molar-refractivity contribution < 1.29 is 0 Å². The molecule has 4 nitrogen and oxygen atoms in total. The van der Waals surface area contributed by atoms with E-state index in [9.17, 15) is 0 Å². The van der Waals surface area contributed by atoms with Crippen LogP contribution in [0.4, 0.5) is 0 Å². The summed E-state index contributed by atoms with van der Waals surface area (Å²) in [5, 5.41) is 11.6. The molecule has 2 rings (SSSR count). The molecule has 1 aliphatic carbocycles. The quantitative estimate of drug-likeness (QED) is 0.789. The van der Waals surface area contributed by atoms with Gasteiger partial charge in [-0.2, -0.15) is 0 Å². The Labute approximate surface area is 84.7 Å². The Morgan fingerprint density at radius 1 is 1.50 bits per heavy atom. The Morgan fingerprint density at radius 2 is 2.21 bits per heavy atom. The molecule has 0 bridgehead atoms. The summed E-state index contributed by atoms with van der Waals surface area (Å²) in [6.45, 7) is 5.23. The first-order valence-electron chi connectivity index (χ1n) is 5.32. The molecule has 1 heterocycles. The zero-order chi connectivity index (χ0) is 10.1. The zero-order valence-electron chi connectivity index (χ0n) is 9.12. The Morgan fingerprint density at radius 3 is 2.71 bits per heavy atom. The normalized spacial score (nSPS) is 16.6. The Bertz CT molecular complexity index is 312. The SMILES string of the molecule is CNCc1nnn(C2CC2)c1C(C)C. The lowest BCUT2D eigenvalue weighted by atomic mass is 10.1. The highest BCUT2D eigenvalue weighted by atomic mass is 15.5. The van der Waals surface area contributed by atoms with Gasteiger partial charge in [-0.05, 0) is 25.8 Å². The summed E-state index contributed by atoms with van der Waals surface area (Å²) >= 11 is 0. The number of nitrogens with one attached hydrogen (secondary N) is 1. The van der Waals surface area contributed by atoms with Crippen molar-refractivity contribution in [3.8, 4) is 0 Å². The lowest BCUT2D eigenvalue weighted by Gasteiger charge is -2.09. The number of hydrogen-bond donors (Lipinski definition) is 1. The first kappa shape index (κ1) is 9.65. The lowest BCUT2D eigenvalue weighted by Crippen LogP contribution is -2.10. The van der Waals surface area contributed by atoms with Gasteiger partial charge in [-0.3, -0.25) is 0 Å². The van der Waals surface area contributed by atoms with E-state index in [0.29, 0.717) is 12.0 Å². The van der Waals surface area contributed by atoms with E-state index in [0.717, 1.165) is 12.2 Å². The average molecular weight is 194 g/mol. The predicted molar refractivity (Wildman–Crippen MR) is 55.1 cm³/mol. The fraction of sp³-hybridized carbons (Fsp3) is 0.800. The maximum absolute atomic E-state index is 4.24. The molecule has 0 aliphatic heterocycles. The smallest absolute Gasteiger partial charge is 0.0999 e. The van der Waals surface area contributed by atoms with Gasteiger partial charge in [0.15, 0.2) is 0 Å². The largest absolute Gasteiger partial charge is 0.314 e. The molecule has 0 radical (unpaired) electrons. The van der Waals surface area contributed by atoms with E-state index < -0.39 is 0 Å². The maximum Gasteiger partial charge on any atom is 0.0999 e. The van der Waals surface area contributed by atoms with Crippen LogP contribution < -0.4 is 5.32 Å². The summed E-state index contributed by atoms with van der Waals surface area (Å²) in [6, 6.07) is 0.630. The molecule has 0 unspecified atom stereocenters. The monoisotopic (exact) mass is 194 g/mol. The van der Waals surface area contributed by atoms with Crippen LogP contribution in [0.15, 0.2) is 0 Å². The first-order chi connectivity index (χ1) is 6.74. The molecule has 1 aromatic rings. The van der Waals surface area contributed by atoms with E-state index in [1.165, 1.54) is 18.5 Å². The van der Waals surface area contributed by atoms with Crippen LogP contribution in [0.3, 0.4) is 0 Å². The summed E-state index contributed by atoms with van der Waals surface area (Å²) in [6.07, 6.45) is 2.53. The highest BCUT2D eigenvalue weighted by Gasteiger charge is 2.29.